The highest BCUT2D eigenvalue weighted by Crippen LogP contribution is 2.37. The normalized spacial score (nSPS) is 14.9. The predicted molar refractivity (Wildman–Crippen MR) is 98.8 cm³/mol. The average Bonchev–Trinajstić information content (AvgIpc) is 2.76. The first kappa shape index (κ1) is 18.7. The molecule has 0 atom stereocenters. The maximum Gasteiger partial charge on any atom is 0.267 e. The van der Waals surface area contributed by atoms with Gasteiger partial charge in [0.15, 0.2) is 0 Å². The van der Waals surface area contributed by atoms with E-state index < -0.39 is 0 Å². The third kappa shape index (κ3) is 3.90. The van der Waals surface area contributed by atoms with Gasteiger partial charge in [0.1, 0.15) is 0 Å². The number of hydrogen-bond donors (Lipinski definition) is 0. The zero-order valence-corrected chi connectivity index (χ0v) is 15.7. The van der Waals surface area contributed by atoms with Gasteiger partial charge in [0.2, 0.25) is 0 Å². The summed E-state index contributed by atoms with van der Waals surface area (Å²) in [5.41, 5.74) is 3.59. The van der Waals surface area contributed by atoms with Crippen LogP contribution >= 0.6 is 11.8 Å². The average molecular weight is 347 g/mol. The molecule has 1 aliphatic rings. The molecular weight excluding hydrogens is 322 g/mol. The van der Waals surface area contributed by atoms with Crippen molar-refractivity contribution in [3.05, 3.63) is 39.8 Å². The summed E-state index contributed by atoms with van der Waals surface area (Å²) in [5.74, 6) is 0.410. The molecule has 0 N–H and O–H groups in total. The van der Waals surface area contributed by atoms with Gasteiger partial charge in [-0.15, -0.1) is 11.8 Å². The number of carbonyl (C=O) groups is 2. The lowest BCUT2D eigenvalue weighted by molar-refractivity contribution is -0.136. The highest BCUT2D eigenvalue weighted by atomic mass is 32.2. The molecule has 2 rings (SSSR count). The molecule has 4 nitrogen and oxygen atoms in total. The van der Waals surface area contributed by atoms with Crippen molar-refractivity contribution in [3.63, 3.8) is 0 Å². The van der Waals surface area contributed by atoms with E-state index in [0.29, 0.717) is 36.7 Å². The van der Waals surface area contributed by atoms with Crippen molar-refractivity contribution in [2.45, 2.75) is 34.1 Å². The predicted octanol–water partition coefficient (Wildman–Crippen LogP) is 3.56. The van der Waals surface area contributed by atoms with Crippen molar-refractivity contribution >= 4 is 29.1 Å². The number of nitrogens with zero attached hydrogens (tertiary/aromatic N) is 1. The van der Waals surface area contributed by atoms with E-state index >= 15 is 0 Å². The molecule has 1 heterocycles. The van der Waals surface area contributed by atoms with Gasteiger partial charge in [-0.2, -0.15) is 0 Å². The van der Waals surface area contributed by atoms with Crippen LogP contribution in [0.4, 0.5) is 0 Å². The zero-order chi connectivity index (χ0) is 17.7. The first-order chi connectivity index (χ1) is 11.5. The lowest BCUT2D eigenvalue weighted by Crippen LogP contribution is -2.33. The summed E-state index contributed by atoms with van der Waals surface area (Å²) in [5, 5.41) is 0. The number of aryl methyl sites for hydroxylation is 2. The summed E-state index contributed by atoms with van der Waals surface area (Å²) in [6.45, 7) is 9.54. The highest BCUT2D eigenvalue weighted by molar-refractivity contribution is 8.04. The number of imide groups is 1. The number of thioether (sulfide) groups is 1. The Labute approximate surface area is 148 Å². The van der Waals surface area contributed by atoms with Crippen LogP contribution in [0, 0.1) is 13.8 Å². The quantitative estimate of drug-likeness (QED) is 0.533. The Hall–Kier alpha value is -1.59. The third-order valence-corrected chi connectivity index (χ3v) is 4.90. The van der Waals surface area contributed by atoms with Crippen molar-refractivity contribution in [2.24, 2.45) is 0 Å². The Morgan fingerprint density at radius 2 is 1.88 bits per heavy atom. The third-order valence-electron chi connectivity index (χ3n) is 3.94. The molecule has 0 spiro atoms. The first-order valence-corrected chi connectivity index (χ1v) is 9.38. The Morgan fingerprint density at radius 3 is 2.50 bits per heavy atom. The molecule has 0 unspecified atom stereocenters. The van der Waals surface area contributed by atoms with Crippen LogP contribution in [0.15, 0.2) is 23.1 Å². The summed E-state index contributed by atoms with van der Waals surface area (Å²) < 4.78 is 5.31. The number of ether oxygens (including phenoxy) is 1. The molecule has 0 fully saturated rings. The Kier molecular flexibility index (Phi) is 6.63. The molecule has 1 aromatic carbocycles. The number of carbonyl (C=O) groups excluding carboxylic acids is 2. The van der Waals surface area contributed by atoms with E-state index in [1.165, 1.54) is 16.7 Å². The topological polar surface area (TPSA) is 46.6 Å². The van der Waals surface area contributed by atoms with Gasteiger partial charge in [-0.05, 0) is 44.1 Å². The number of rotatable bonds is 8. The fourth-order valence-electron chi connectivity index (χ4n) is 2.84. The van der Waals surface area contributed by atoms with Crippen LogP contribution in [0.1, 0.15) is 37.0 Å². The lowest BCUT2D eigenvalue weighted by atomic mass is 9.99. The second-order valence-corrected chi connectivity index (χ2v) is 7.04. The van der Waals surface area contributed by atoms with Crippen LogP contribution < -0.4 is 0 Å². The van der Waals surface area contributed by atoms with Gasteiger partial charge in [0, 0.05) is 19.8 Å². The molecule has 1 aliphatic heterocycles. The summed E-state index contributed by atoms with van der Waals surface area (Å²) in [6, 6.07) is 5.98. The molecule has 0 aromatic heterocycles. The van der Waals surface area contributed by atoms with E-state index in [1.807, 2.05) is 45.9 Å². The van der Waals surface area contributed by atoms with Crippen LogP contribution in [0.5, 0.6) is 0 Å². The lowest BCUT2D eigenvalue weighted by Gasteiger charge is -2.15. The molecule has 1 aromatic rings. The van der Waals surface area contributed by atoms with Crippen LogP contribution in [0.25, 0.3) is 5.57 Å². The Morgan fingerprint density at radius 1 is 1.12 bits per heavy atom. The summed E-state index contributed by atoms with van der Waals surface area (Å²) in [7, 11) is 0. The van der Waals surface area contributed by atoms with E-state index in [9.17, 15) is 9.59 Å². The van der Waals surface area contributed by atoms with Gasteiger partial charge < -0.3 is 4.74 Å². The Bertz CT molecular complexity index is 667. The minimum absolute atomic E-state index is 0.168. The van der Waals surface area contributed by atoms with Crippen molar-refractivity contribution in [1.29, 1.82) is 0 Å². The van der Waals surface area contributed by atoms with E-state index in [1.54, 1.807) is 0 Å². The second-order valence-electron chi connectivity index (χ2n) is 5.77. The Balaban J connectivity index is 2.31. The number of benzene rings is 1. The van der Waals surface area contributed by atoms with Gasteiger partial charge in [-0.1, -0.05) is 30.7 Å². The van der Waals surface area contributed by atoms with Gasteiger partial charge in [0.05, 0.1) is 10.5 Å². The molecular formula is C19H25NO3S. The zero-order valence-electron chi connectivity index (χ0n) is 14.8. The molecule has 2 amide bonds. The molecule has 24 heavy (non-hydrogen) atoms. The first-order valence-electron chi connectivity index (χ1n) is 8.39. The van der Waals surface area contributed by atoms with Crippen LogP contribution in [0.3, 0.4) is 0 Å². The van der Waals surface area contributed by atoms with E-state index in [-0.39, 0.29) is 11.8 Å². The number of amides is 2. The van der Waals surface area contributed by atoms with Crippen LogP contribution in [0.2, 0.25) is 0 Å². The largest absolute Gasteiger partial charge is 0.382 e. The molecule has 0 saturated carbocycles. The summed E-state index contributed by atoms with van der Waals surface area (Å²) in [4.78, 5) is 27.6. The van der Waals surface area contributed by atoms with Gasteiger partial charge >= 0.3 is 0 Å². The molecule has 0 saturated heterocycles. The SMILES string of the molecule is CCOCCCN1C(=O)C(SCC)=C(c2ccc(C)cc2C)C1=O. The molecule has 0 aliphatic carbocycles. The van der Waals surface area contributed by atoms with Crippen molar-refractivity contribution < 1.29 is 14.3 Å². The molecule has 5 heteroatoms. The summed E-state index contributed by atoms with van der Waals surface area (Å²) in [6.07, 6.45) is 0.662. The minimum atomic E-state index is -0.181. The van der Waals surface area contributed by atoms with Crippen molar-refractivity contribution in [1.82, 2.24) is 4.90 Å². The van der Waals surface area contributed by atoms with E-state index in [2.05, 4.69) is 0 Å². The van der Waals surface area contributed by atoms with Gasteiger partial charge in [-0.25, -0.2) is 0 Å². The van der Waals surface area contributed by atoms with E-state index in [0.717, 1.165) is 22.4 Å². The minimum Gasteiger partial charge on any atom is -0.382 e. The van der Waals surface area contributed by atoms with Gasteiger partial charge in [-0.3, -0.25) is 14.5 Å². The van der Waals surface area contributed by atoms with Crippen LogP contribution in [-0.4, -0.2) is 42.2 Å². The monoisotopic (exact) mass is 347 g/mol. The second kappa shape index (κ2) is 8.49. The van der Waals surface area contributed by atoms with Crippen LogP contribution in [-0.2, 0) is 14.3 Å². The maximum atomic E-state index is 12.9. The fraction of sp³-hybridized carbons (Fsp3) is 0.474. The smallest absolute Gasteiger partial charge is 0.267 e. The maximum absolute atomic E-state index is 12.9. The fourth-order valence-corrected chi connectivity index (χ4v) is 3.70. The molecule has 0 bridgehead atoms. The van der Waals surface area contributed by atoms with Gasteiger partial charge in [0.25, 0.3) is 11.8 Å². The highest BCUT2D eigenvalue weighted by Gasteiger charge is 2.38. The standard InChI is InChI=1S/C19H25NO3S/c1-5-23-11-7-10-20-18(21)16(17(19(20)22)24-6-2)15-9-8-13(3)12-14(15)4/h8-9,12H,5-7,10-11H2,1-4H3. The molecule has 130 valence electrons. The van der Waals surface area contributed by atoms with E-state index in [4.69, 9.17) is 4.74 Å². The summed E-state index contributed by atoms with van der Waals surface area (Å²) >= 11 is 1.45. The number of hydrogen-bond acceptors (Lipinski definition) is 4. The van der Waals surface area contributed by atoms with Crippen molar-refractivity contribution in [2.75, 3.05) is 25.5 Å². The molecule has 0 radical (unpaired) electrons. The van der Waals surface area contributed by atoms with Crippen molar-refractivity contribution in [3.8, 4) is 0 Å².